The number of H-pyrrole nitrogens is 1. The minimum absolute atomic E-state index is 0.712. The Morgan fingerprint density at radius 2 is 1.92 bits per heavy atom. The molecule has 4 nitrogen and oxygen atoms in total. The first-order chi connectivity index (χ1) is 11.7. The zero-order chi connectivity index (χ0) is 16.9. The summed E-state index contributed by atoms with van der Waals surface area (Å²) in [6, 6.07) is 12.3. The maximum atomic E-state index is 5.51. The molecule has 0 saturated carbocycles. The number of halogens is 1. The van der Waals surface area contributed by atoms with Crippen LogP contribution in [0.5, 0.6) is 11.5 Å². The molecule has 2 aromatic carbocycles. The first-order valence-electron chi connectivity index (χ1n) is 7.89. The van der Waals surface area contributed by atoms with Crippen LogP contribution in [-0.2, 0) is 13.0 Å². The highest BCUT2D eigenvalue weighted by Gasteiger charge is 2.13. The summed E-state index contributed by atoms with van der Waals surface area (Å²) in [5, 5.41) is 4.78. The topological polar surface area (TPSA) is 46.3 Å². The molecular weight excluding hydrogens is 368 g/mol. The van der Waals surface area contributed by atoms with Gasteiger partial charge in [0.25, 0.3) is 0 Å². The molecular formula is C19H21BrN2O2. The number of methoxy groups -OCH3 is 2. The SMILES string of the molecule is COc1ccc(Br)c(CNCCc2c[nH]c3ccccc23)c1OC. The van der Waals surface area contributed by atoms with Crippen LogP contribution in [0.15, 0.2) is 47.1 Å². The van der Waals surface area contributed by atoms with E-state index in [-0.39, 0.29) is 0 Å². The van der Waals surface area contributed by atoms with Crippen LogP contribution in [0.2, 0.25) is 0 Å². The van der Waals surface area contributed by atoms with Crippen LogP contribution in [-0.4, -0.2) is 25.7 Å². The van der Waals surface area contributed by atoms with Crippen molar-refractivity contribution in [2.24, 2.45) is 0 Å². The fourth-order valence-corrected chi connectivity index (χ4v) is 3.36. The minimum Gasteiger partial charge on any atom is -0.493 e. The Balaban J connectivity index is 1.65. The van der Waals surface area contributed by atoms with Crippen molar-refractivity contribution < 1.29 is 9.47 Å². The van der Waals surface area contributed by atoms with Gasteiger partial charge in [-0.3, -0.25) is 0 Å². The molecule has 3 rings (SSSR count). The highest BCUT2D eigenvalue weighted by Crippen LogP contribution is 2.35. The van der Waals surface area contributed by atoms with Gasteiger partial charge in [-0.2, -0.15) is 0 Å². The van der Waals surface area contributed by atoms with E-state index >= 15 is 0 Å². The lowest BCUT2D eigenvalue weighted by Gasteiger charge is -2.15. The third-order valence-corrected chi connectivity index (χ3v) is 4.88. The van der Waals surface area contributed by atoms with Gasteiger partial charge >= 0.3 is 0 Å². The molecule has 0 aliphatic carbocycles. The first kappa shape index (κ1) is 16.9. The number of ether oxygens (including phenoxy) is 2. The molecule has 0 aliphatic heterocycles. The summed E-state index contributed by atoms with van der Waals surface area (Å²) in [7, 11) is 3.32. The lowest BCUT2D eigenvalue weighted by molar-refractivity contribution is 0.350. The zero-order valence-corrected chi connectivity index (χ0v) is 15.4. The lowest BCUT2D eigenvalue weighted by atomic mass is 10.1. The molecule has 126 valence electrons. The van der Waals surface area contributed by atoms with Crippen molar-refractivity contribution in [1.82, 2.24) is 10.3 Å². The van der Waals surface area contributed by atoms with E-state index in [0.717, 1.165) is 34.5 Å². The predicted molar refractivity (Wildman–Crippen MR) is 101 cm³/mol. The third-order valence-electron chi connectivity index (χ3n) is 4.14. The molecule has 5 heteroatoms. The predicted octanol–water partition coefficient (Wildman–Crippen LogP) is 4.28. The molecule has 2 N–H and O–H groups in total. The zero-order valence-electron chi connectivity index (χ0n) is 13.9. The number of fused-ring (bicyclic) bond motifs is 1. The summed E-state index contributed by atoms with van der Waals surface area (Å²) >= 11 is 3.59. The summed E-state index contributed by atoms with van der Waals surface area (Å²) in [4.78, 5) is 3.32. The van der Waals surface area contributed by atoms with Gasteiger partial charge < -0.3 is 19.8 Å². The quantitative estimate of drug-likeness (QED) is 0.593. The molecule has 0 bridgehead atoms. The minimum atomic E-state index is 0.712. The van der Waals surface area contributed by atoms with Crippen molar-refractivity contribution in [3.05, 3.63) is 58.2 Å². The smallest absolute Gasteiger partial charge is 0.166 e. The van der Waals surface area contributed by atoms with Gasteiger partial charge in [0.15, 0.2) is 11.5 Å². The van der Waals surface area contributed by atoms with Crippen LogP contribution in [0.3, 0.4) is 0 Å². The van der Waals surface area contributed by atoms with Gasteiger partial charge in [-0.05, 0) is 36.7 Å². The molecule has 0 spiro atoms. The van der Waals surface area contributed by atoms with Crippen LogP contribution in [0.4, 0.5) is 0 Å². The number of hydrogen-bond donors (Lipinski definition) is 2. The molecule has 0 fully saturated rings. The van der Waals surface area contributed by atoms with E-state index < -0.39 is 0 Å². The standard InChI is InChI=1S/C19H21BrN2O2/c1-23-18-8-7-16(20)15(19(18)24-2)12-21-10-9-13-11-22-17-6-4-3-5-14(13)17/h3-8,11,21-22H,9-10,12H2,1-2H3. The Kier molecular flexibility index (Phi) is 5.43. The Bertz CT molecular complexity index is 829. The van der Waals surface area contributed by atoms with E-state index in [1.165, 1.54) is 16.5 Å². The molecule has 24 heavy (non-hydrogen) atoms. The van der Waals surface area contributed by atoms with Crippen LogP contribution in [0.1, 0.15) is 11.1 Å². The number of nitrogens with one attached hydrogen (secondary N) is 2. The third kappa shape index (κ3) is 3.42. The molecule has 0 amide bonds. The molecule has 1 heterocycles. The van der Waals surface area contributed by atoms with Gasteiger partial charge in [-0.25, -0.2) is 0 Å². The largest absolute Gasteiger partial charge is 0.493 e. The van der Waals surface area contributed by atoms with Crippen molar-refractivity contribution in [3.63, 3.8) is 0 Å². The summed E-state index contributed by atoms with van der Waals surface area (Å²) < 4.78 is 11.9. The first-order valence-corrected chi connectivity index (χ1v) is 8.69. The Labute approximate surface area is 150 Å². The molecule has 0 aliphatic rings. The van der Waals surface area contributed by atoms with Crippen molar-refractivity contribution in [1.29, 1.82) is 0 Å². The molecule has 0 atom stereocenters. The Hall–Kier alpha value is -1.98. The van der Waals surface area contributed by atoms with Crippen molar-refractivity contribution in [3.8, 4) is 11.5 Å². The van der Waals surface area contributed by atoms with E-state index in [0.29, 0.717) is 6.54 Å². The summed E-state index contributed by atoms with van der Waals surface area (Å²) in [5.74, 6) is 1.51. The second-order valence-electron chi connectivity index (χ2n) is 5.55. The molecule has 1 aromatic heterocycles. The molecule has 0 radical (unpaired) electrons. The normalized spacial score (nSPS) is 11.0. The maximum Gasteiger partial charge on any atom is 0.166 e. The Morgan fingerprint density at radius 1 is 1.08 bits per heavy atom. The van der Waals surface area contributed by atoms with E-state index in [1.807, 2.05) is 18.2 Å². The van der Waals surface area contributed by atoms with Crippen molar-refractivity contribution in [2.45, 2.75) is 13.0 Å². The average Bonchev–Trinajstić information content (AvgIpc) is 3.02. The number of rotatable bonds is 7. The summed E-state index contributed by atoms with van der Waals surface area (Å²) in [5.41, 5.74) is 3.58. The Morgan fingerprint density at radius 3 is 2.71 bits per heavy atom. The van der Waals surface area contributed by atoms with Gasteiger partial charge in [0.1, 0.15) is 0 Å². The molecule has 0 saturated heterocycles. The van der Waals surface area contributed by atoms with Crippen molar-refractivity contribution >= 4 is 26.8 Å². The highest BCUT2D eigenvalue weighted by molar-refractivity contribution is 9.10. The van der Waals surface area contributed by atoms with Gasteiger partial charge in [0, 0.05) is 33.7 Å². The number of aromatic amines is 1. The summed E-state index contributed by atoms with van der Waals surface area (Å²) in [6.07, 6.45) is 3.06. The van der Waals surface area contributed by atoms with E-state index in [2.05, 4.69) is 50.6 Å². The van der Waals surface area contributed by atoms with Crippen molar-refractivity contribution in [2.75, 3.05) is 20.8 Å². The van der Waals surface area contributed by atoms with E-state index in [1.54, 1.807) is 14.2 Å². The van der Waals surface area contributed by atoms with Gasteiger partial charge in [0.05, 0.1) is 14.2 Å². The fraction of sp³-hybridized carbons (Fsp3) is 0.263. The van der Waals surface area contributed by atoms with Crippen LogP contribution >= 0.6 is 15.9 Å². The lowest BCUT2D eigenvalue weighted by Crippen LogP contribution is -2.17. The van der Waals surface area contributed by atoms with E-state index in [4.69, 9.17) is 9.47 Å². The second kappa shape index (κ2) is 7.73. The van der Waals surface area contributed by atoms with Crippen LogP contribution in [0, 0.1) is 0 Å². The van der Waals surface area contributed by atoms with Crippen LogP contribution < -0.4 is 14.8 Å². The number of hydrogen-bond acceptors (Lipinski definition) is 3. The fourth-order valence-electron chi connectivity index (χ4n) is 2.91. The van der Waals surface area contributed by atoms with Crippen LogP contribution in [0.25, 0.3) is 10.9 Å². The molecule has 0 unspecified atom stereocenters. The highest BCUT2D eigenvalue weighted by atomic mass is 79.9. The van der Waals surface area contributed by atoms with Gasteiger partial charge in [-0.1, -0.05) is 34.1 Å². The number of aromatic nitrogens is 1. The second-order valence-corrected chi connectivity index (χ2v) is 6.40. The maximum absolute atomic E-state index is 5.51. The van der Waals surface area contributed by atoms with Gasteiger partial charge in [-0.15, -0.1) is 0 Å². The van der Waals surface area contributed by atoms with E-state index in [9.17, 15) is 0 Å². The number of benzene rings is 2. The average molecular weight is 389 g/mol. The number of para-hydroxylation sites is 1. The van der Waals surface area contributed by atoms with Gasteiger partial charge in [0.2, 0.25) is 0 Å². The monoisotopic (exact) mass is 388 g/mol. The molecule has 3 aromatic rings. The summed E-state index contributed by atoms with van der Waals surface area (Å²) in [6.45, 7) is 1.60.